The highest BCUT2D eigenvalue weighted by Crippen LogP contribution is 2.39. The molecule has 8 heteroatoms. The summed E-state index contributed by atoms with van der Waals surface area (Å²) in [5.74, 6) is -0.312. The number of rotatable bonds is 3. The van der Waals surface area contributed by atoms with Gasteiger partial charge in [0.2, 0.25) is 0 Å². The molecule has 2 atom stereocenters. The van der Waals surface area contributed by atoms with Crippen molar-refractivity contribution in [1.29, 1.82) is 0 Å². The van der Waals surface area contributed by atoms with E-state index in [4.69, 9.17) is 11.6 Å². The fraction of sp³-hybridized carbons (Fsp3) is 0.467. The fourth-order valence-corrected chi connectivity index (χ4v) is 6.88. The third-order valence-corrected chi connectivity index (χ3v) is 7.46. The maximum absolute atomic E-state index is 11.9. The zero-order chi connectivity index (χ0) is 16.6. The lowest BCUT2D eigenvalue weighted by Crippen LogP contribution is -2.37. The number of carbonyl (C=O) groups is 1. The van der Waals surface area contributed by atoms with Gasteiger partial charge in [0.25, 0.3) is 5.91 Å². The summed E-state index contributed by atoms with van der Waals surface area (Å²) in [7, 11) is -3.02. The molecule has 0 aliphatic carbocycles. The monoisotopic (exact) mass is 372 g/mol. The average Bonchev–Trinajstić information content (AvgIpc) is 2.94. The Hall–Kier alpha value is -1.05. The van der Waals surface area contributed by atoms with Gasteiger partial charge in [-0.1, -0.05) is 41.6 Å². The van der Waals surface area contributed by atoms with Crippen LogP contribution in [0, 0.1) is 6.92 Å². The van der Waals surface area contributed by atoms with E-state index in [1.807, 2.05) is 36.1 Å². The summed E-state index contributed by atoms with van der Waals surface area (Å²) in [5.41, 5.74) is 2.23. The smallest absolute Gasteiger partial charge is 0.262 e. The van der Waals surface area contributed by atoms with Crippen molar-refractivity contribution in [2.24, 2.45) is 4.99 Å². The third kappa shape index (κ3) is 3.72. The van der Waals surface area contributed by atoms with Crippen LogP contribution in [-0.4, -0.2) is 53.1 Å². The molecule has 124 valence electrons. The Morgan fingerprint density at radius 3 is 2.70 bits per heavy atom. The number of thioether (sulfide) groups is 1. The highest BCUT2D eigenvalue weighted by atomic mass is 35.5. The molecule has 1 aromatic carbocycles. The number of aryl methyl sites for hydroxylation is 1. The Bertz CT molecular complexity index is 746. The number of benzene rings is 1. The van der Waals surface area contributed by atoms with Crippen molar-refractivity contribution in [3.05, 3.63) is 35.4 Å². The van der Waals surface area contributed by atoms with Gasteiger partial charge in [0.05, 0.1) is 17.5 Å². The maximum Gasteiger partial charge on any atom is 0.262 e. The van der Waals surface area contributed by atoms with E-state index in [1.165, 1.54) is 11.8 Å². The minimum atomic E-state index is -3.02. The largest absolute Gasteiger partial charge is 0.342 e. The van der Waals surface area contributed by atoms with Crippen LogP contribution in [-0.2, 0) is 21.2 Å². The van der Waals surface area contributed by atoms with E-state index in [0.717, 1.165) is 11.1 Å². The molecule has 0 N–H and O–H groups in total. The minimum Gasteiger partial charge on any atom is -0.342 e. The summed E-state index contributed by atoms with van der Waals surface area (Å²) in [6, 6.07) is 7.92. The van der Waals surface area contributed by atoms with Crippen molar-refractivity contribution >= 4 is 44.3 Å². The first-order valence-corrected chi connectivity index (χ1v) is 10.5. The summed E-state index contributed by atoms with van der Waals surface area (Å²) in [6.07, 6.45) is 0. The Kier molecular flexibility index (Phi) is 4.71. The highest BCUT2D eigenvalue weighted by molar-refractivity contribution is 8.15. The second kappa shape index (κ2) is 6.45. The van der Waals surface area contributed by atoms with E-state index in [1.54, 1.807) is 0 Å². The van der Waals surface area contributed by atoms with E-state index in [0.29, 0.717) is 11.7 Å². The fourth-order valence-electron chi connectivity index (χ4n) is 2.85. The van der Waals surface area contributed by atoms with Gasteiger partial charge in [-0.3, -0.25) is 4.79 Å². The third-order valence-electron chi connectivity index (χ3n) is 3.98. The molecule has 3 rings (SSSR count). The van der Waals surface area contributed by atoms with Crippen molar-refractivity contribution < 1.29 is 13.2 Å². The van der Waals surface area contributed by atoms with Gasteiger partial charge in [-0.05, 0) is 12.5 Å². The van der Waals surface area contributed by atoms with Gasteiger partial charge < -0.3 is 4.90 Å². The second-order valence-electron chi connectivity index (χ2n) is 5.84. The molecule has 1 amide bonds. The number of sulfone groups is 1. The molecule has 2 aliphatic heterocycles. The van der Waals surface area contributed by atoms with Crippen molar-refractivity contribution in [2.75, 3.05) is 17.4 Å². The van der Waals surface area contributed by atoms with Crippen LogP contribution in [0.3, 0.4) is 0 Å². The lowest BCUT2D eigenvalue weighted by atomic mass is 10.1. The van der Waals surface area contributed by atoms with Gasteiger partial charge in [0.15, 0.2) is 15.0 Å². The molecule has 2 aliphatic rings. The molecule has 23 heavy (non-hydrogen) atoms. The molecule has 0 saturated carbocycles. The molecule has 0 spiro atoms. The number of fused-ring (bicyclic) bond motifs is 1. The summed E-state index contributed by atoms with van der Waals surface area (Å²) >= 11 is 6.92. The first-order valence-electron chi connectivity index (χ1n) is 7.25. The normalized spacial score (nSPS) is 27.4. The van der Waals surface area contributed by atoms with Crippen LogP contribution in [0.25, 0.3) is 0 Å². The molecule has 1 aromatic rings. The van der Waals surface area contributed by atoms with Crippen LogP contribution in [0.4, 0.5) is 0 Å². The summed E-state index contributed by atoms with van der Waals surface area (Å²) in [4.78, 5) is 17.6. The van der Waals surface area contributed by atoms with Crippen LogP contribution in [0.1, 0.15) is 11.1 Å². The molecular formula is C15H17ClN2O3S2. The topological polar surface area (TPSA) is 66.8 Å². The predicted octanol–water partition coefficient (Wildman–Crippen LogP) is 1.83. The van der Waals surface area contributed by atoms with Gasteiger partial charge in [0, 0.05) is 11.8 Å². The van der Waals surface area contributed by atoms with E-state index < -0.39 is 15.7 Å². The first kappa shape index (κ1) is 16.8. The molecule has 2 fully saturated rings. The summed E-state index contributed by atoms with van der Waals surface area (Å²) < 4.78 is 23.8. The van der Waals surface area contributed by atoms with Gasteiger partial charge in [0.1, 0.15) is 5.88 Å². The number of amidine groups is 1. The molecule has 0 radical (unpaired) electrons. The number of halogens is 1. The Balaban J connectivity index is 1.88. The lowest BCUT2D eigenvalue weighted by Gasteiger charge is -2.24. The van der Waals surface area contributed by atoms with E-state index in [2.05, 4.69) is 4.99 Å². The molecule has 0 bridgehead atoms. The minimum absolute atomic E-state index is 0.0627. The molecule has 2 saturated heterocycles. The van der Waals surface area contributed by atoms with E-state index in [9.17, 15) is 13.2 Å². The van der Waals surface area contributed by atoms with Gasteiger partial charge >= 0.3 is 0 Å². The number of aliphatic imine (C=N–C) groups is 1. The number of amides is 1. The summed E-state index contributed by atoms with van der Waals surface area (Å²) in [6.45, 7) is 2.56. The Labute approximate surface area is 145 Å². The number of hydrogen-bond donors (Lipinski definition) is 0. The van der Waals surface area contributed by atoms with Crippen LogP contribution >= 0.6 is 23.4 Å². The number of nitrogens with zero attached hydrogens (tertiary/aromatic N) is 2. The molecule has 0 aromatic heterocycles. The zero-order valence-corrected chi connectivity index (χ0v) is 15.0. The standard InChI is InChI=1S/C15H17ClN2O3S2/c1-10-2-4-11(5-3-10)7-18-12-8-23(20,21)9-13(12)22-15(18)17-14(19)6-16/h2-5,12-13H,6-9H2,1H3/t12-,13+/m0/s1. The Morgan fingerprint density at radius 1 is 1.35 bits per heavy atom. The number of alkyl halides is 1. The highest BCUT2D eigenvalue weighted by Gasteiger charge is 2.48. The first-order chi connectivity index (χ1) is 10.9. The van der Waals surface area contributed by atoms with Crippen LogP contribution in [0.5, 0.6) is 0 Å². The molecular weight excluding hydrogens is 356 g/mol. The van der Waals surface area contributed by atoms with Crippen molar-refractivity contribution in [2.45, 2.75) is 24.8 Å². The molecule has 0 unspecified atom stereocenters. The van der Waals surface area contributed by atoms with Gasteiger partial charge in [-0.2, -0.15) is 4.99 Å². The van der Waals surface area contributed by atoms with Crippen molar-refractivity contribution in [1.82, 2.24) is 4.90 Å². The van der Waals surface area contributed by atoms with Crippen LogP contribution in [0.15, 0.2) is 29.3 Å². The molecule has 2 heterocycles. The average molecular weight is 373 g/mol. The SMILES string of the molecule is Cc1ccc(CN2C(=NC(=O)CCl)S[C@@H]3CS(=O)(=O)C[C@@H]32)cc1. The maximum atomic E-state index is 11.9. The van der Waals surface area contributed by atoms with Crippen LogP contribution < -0.4 is 0 Å². The predicted molar refractivity (Wildman–Crippen MR) is 93.7 cm³/mol. The Morgan fingerprint density at radius 2 is 2.04 bits per heavy atom. The lowest BCUT2D eigenvalue weighted by molar-refractivity contribution is -0.115. The number of hydrogen-bond acceptors (Lipinski definition) is 4. The van der Waals surface area contributed by atoms with E-state index in [-0.39, 0.29) is 28.7 Å². The zero-order valence-electron chi connectivity index (χ0n) is 12.6. The second-order valence-corrected chi connectivity index (χ2v) is 9.46. The quantitative estimate of drug-likeness (QED) is 0.757. The molecule has 5 nitrogen and oxygen atoms in total. The van der Waals surface area contributed by atoms with E-state index >= 15 is 0 Å². The van der Waals surface area contributed by atoms with Gasteiger partial charge in [-0.25, -0.2) is 8.42 Å². The van der Waals surface area contributed by atoms with Crippen LogP contribution in [0.2, 0.25) is 0 Å². The number of carbonyl (C=O) groups excluding carboxylic acids is 1. The van der Waals surface area contributed by atoms with Crippen molar-refractivity contribution in [3.8, 4) is 0 Å². The van der Waals surface area contributed by atoms with Gasteiger partial charge in [-0.15, -0.1) is 11.6 Å². The van der Waals surface area contributed by atoms with Crippen molar-refractivity contribution in [3.63, 3.8) is 0 Å². The summed E-state index contributed by atoms with van der Waals surface area (Å²) in [5, 5.41) is 0.522.